The maximum absolute atomic E-state index is 11.2. The SMILES string of the molecule is C=CCNCC(=O)NCC(C)N(C)C. The largest absolute Gasteiger partial charge is 0.353 e. The lowest BCUT2D eigenvalue weighted by atomic mass is 10.3. The predicted octanol–water partition coefficient (Wildman–Crippen LogP) is -0.172. The molecule has 2 N–H and O–H groups in total. The van der Waals surface area contributed by atoms with E-state index in [0.717, 1.165) is 0 Å². The first kappa shape index (κ1) is 13.1. The number of carbonyl (C=O) groups is 1. The number of carbonyl (C=O) groups excluding carboxylic acids is 1. The quantitative estimate of drug-likeness (QED) is 0.442. The van der Waals surface area contributed by atoms with E-state index in [1.807, 2.05) is 14.1 Å². The number of nitrogens with one attached hydrogen (secondary N) is 2. The van der Waals surface area contributed by atoms with E-state index in [9.17, 15) is 4.79 Å². The Kier molecular flexibility index (Phi) is 7.06. The molecule has 0 saturated heterocycles. The van der Waals surface area contributed by atoms with Crippen LogP contribution in [0.1, 0.15) is 6.92 Å². The maximum Gasteiger partial charge on any atom is 0.234 e. The van der Waals surface area contributed by atoms with Crippen molar-refractivity contribution < 1.29 is 4.79 Å². The first-order valence-electron chi connectivity index (χ1n) is 4.82. The van der Waals surface area contributed by atoms with E-state index in [1.165, 1.54) is 0 Å². The van der Waals surface area contributed by atoms with E-state index >= 15 is 0 Å². The summed E-state index contributed by atoms with van der Waals surface area (Å²) in [6.45, 7) is 7.32. The van der Waals surface area contributed by atoms with Gasteiger partial charge in [0.15, 0.2) is 0 Å². The topological polar surface area (TPSA) is 44.4 Å². The summed E-state index contributed by atoms with van der Waals surface area (Å²) in [7, 11) is 3.99. The third-order valence-electron chi connectivity index (χ3n) is 2.05. The van der Waals surface area contributed by atoms with Crippen LogP contribution in [0.4, 0.5) is 0 Å². The molecule has 0 rings (SSSR count). The van der Waals surface area contributed by atoms with Gasteiger partial charge in [0.1, 0.15) is 0 Å². The molecule has 0 saturated carbocycles. The monoisotopic (exact) mass is 199 g/mol. The highest BCUT2D eigenvalue weighted by molar-refractivity contribution is 5.78. The summed E-state index contributed by atoms with van der Waals surface area (Å²) in [5.74, 6) is 0.0283. The molecule has 0 aliphatic heterocycles. The van der Waals surface area contributed by atoms with E-state index in [-0.39, 0.29) is 5.91 Å². The maximum atomic E-state index is 11.2. The molecule has 4 heteroatoms. The Morgan fingerprint density at radius 2 is 2.21 bits per heavy atom. The average molecular weight is 199 g/mol. The van der Waals surface area contributed by atoms with Gasteiger partial charge in [-0.05, 0) is 21.0 Å². The molecule has 0 aromatic rings. The summed E-state index contributed by atoms with van der Waals surface area (Å²) in [4.78, 5) is 13.3. The Balaban J connectivity index is 3.48. The molecule has 0 spiro atoms. The fraction of sp³-hybridized carbons (Fsp3) is 0.700. The van der Waals surface area contributed by atoms with Gasteiger partial charge in [-0.1, -0.05) is 6.08 Å². The van der Waals surface area contributed by atoms with Crippen LogP contribution in [0, 0.1) is 0 Å². The third-order valence-corrected chi connectivity index (χ3v) is 2.05. The molecule has 0 bridgehead atoms. The summed E-state index contributed by atoms with van der Waals surface area (Å²) >= 11 is 0. The van der Waals surface area contributed by atoms with Gasteiger partial charge >= 0.3 is 0 Å². The van der Waals surface area contributed by atoms with Crippen molar-refractivity contribution >= 4 is 5.91 Å². The number of rotatable bonds is 7. The van der Waals surface area contributed by atoms with Crippen LogP contribution in [0.2, 0.25) is 0 Å². The highest BCUT2D eigenvalue weighted by atomic mass is 16.1. The number of likely N-dealkylation sites (N-methyl/N-ethyl adjacent to an activating group) is 1. The van der Waals surface area contributed by atoms with Gasteiger partial charge in [-0.3, -0.25) is 4.79 Å². The Hall–Kier alpha value is -0.870. The molecule has 4 nitrogen and oxygen atoms in total. The summed E-state index contributed by atoms with van der Waals surface area (Å²) in [6.07, 6.45) is 1.73. The number of hydrogen-bond donors (Lipinski definition) is 2. The van der Waals surface area contributed by atoms with Gasteiger partial charge in [-0.25, -0.2) is 0 Å². The zero-order valence-corrected chi connectivity index (χ0v) is 9.34. The van der Waals surface area contributed by atoms with Crippen molar-refractivity contribution in [2.75, 3.05) is 33.7 Å². The molecule has 14 heavy (non-hydrogen) atoms. The molecule has 1 unspecified atom stereocenters. The molecule has 82 valence electrons. The highest BCUT2D eigenvalue weighted by Crippen LogP contribution is 1.87. The van der Waals surface area contributed by atoms with Gasteiger partial charge < -0.3 is 15.5 Å². The normalized spacial score (nSPS) is 12.6. The van der Waals surface area contributed by atoms with Crippen LogP contribution in [0.5, 0.6) is 0 Å². The van der Waals surface area contributed by atoms with Crippen LogP contribution >= 0.6 is 0 Å². The Bertz CT molecular complexity index is 180. The molecular weight excluding hydrogens is 178 g/mol. The van der Waals surface area contributed by atoms with E-state index in [1.54, 1.807) is 6.08 Å². The number of hydrogen-bond acceptors (Lipinski definition) is 3. The standard InChI is InChI=1S/C10H21N3O/c1-5-6-11-8-10(14)12-7-9(2)13(3)4/h5,9,11H,1,6-8H2,2-4H3,(H,12,14). The lowest BCUT2D eigenvalue weighted by molar-refractivity contribution is -0.120. The molecule has 0 aromatic carbocycles. The molecule has 0 radical (unpaired) electrons. The van der Waals surface area contributed by atoms with Crippen LogP contribution in [0.15, 0.2) is 12.7 Å². The van der Waals surface area contributed by atoms with Crippen LogP contribution in [0.3, 0.4) is 0 Å². The van der Waals surface area contributed by atoms with Crippen molar-refractivity contribution in [1.29, 1.82) is 0 Å². The van der Waals surface area contributed by atoms with E-state index in [0.29, 0.717) is 25.7 Å². The fourth-order valence-corrected chi connectivity index (χ4v) is 0.794. The third kappa shape index (κ3) is 6.62. The predicted molar refractivity (Wildman–Crippen MR) is 59.2 cm³/mol. The molecule has 0 aliphatic rings. The smallest absolute Gasteiger partial charge is 0.234 e. The van der Waals surface area contributed by atoms with Crippen LogP contribution in [-0.4, -0.2) is 50.6 Å². The number of nitrogens with zero attached hydrogens (tertiary/aromatic N) is 1. The molecule has 0 heterocycles. The van der Waals surface area contributed by atoms with E-state index in [4.69, 9.17) is 0 Å². The second-order valence-corrected chi connectivity index (χ2v) is 3.54. The van der Waals surface area contributed by atoms with Gasteiger partial charge in [-0.15, -0.1) is 6.58 Å². The lowest BCUT2D eigenvalue weighted by Crippen LogP contribution is -2.41. The van der Waals surface area contributed by atoms with E-state index < -0.39 is 0 Å². The van der Waals surface area contributed by atoms with Crippen molar-refractivity contribution in [3.63, 3.8) is 0 Å². The van der Waals surface area contributed by atoms with Crippen LogP contribution in [-0.2, 0) is 4.79 Å². The Morgan fingerprint density at radius 1 is 1.57 bits per heavy atom. The van der Waals surface area contributed by atoms with Crippen LogP contribution < -0.4 is 10.6 Å². The fourth-order valence-electron chi connectivity index (χ4n) is 0.794. The average Bonchev–Trinajstić information content (AvgIpc) is 2.14. The van der Waals surface area contributed by atoms with Crippen LogP contribution in [0.25, 0.3) is 0 Å². The zero-order valence-electron chi connectivity index (χ0n) is 9.34. The Morgan fingerprint density at radius 3 is 2.71 bits per heavy atom. The Labute approximate surface area is 86.4 Å². The zero-order chi connectivity index (χ0) is 11.0. The van der Waals surface area contributed by atoms with Crippen molar-refractivity contribution in [3.8, 4) is 0 Å². The molecule has 0 aromatic heterocycles. The lowest BCUT2D eigenvalue weighted by Gasteiger charge is -2.19. The minimum absolute atomic E-state index is 0.0283. The van der Waals surface area contributed by atoms with Gasteiger partial charge in [0.05, 0.1) is 6.54 Å². The highest BCUT2D eigenvalue weighted by Gasteiger charge is 2.05. The second-order valence-electron chi connectivity index (χ2n) is 3.54. The molecule has 1 amide bonds. The second kappa shape index (κ2) is 7.53. The summed E-state index contributed by atoms with van der Waals surface area (Å²) < 4.78 is 0. The van der Waals surface area contributed by atoms with Crippen molar-refractivity contribution in [1.82, 2.24) is 15.5 Å². The first-order chi connectivity index (χ1) is 6.57. The molecule has 0 aliphatic carbocycles. The summed E-state index contributed by atoms with van der Waals surface area (Å²) in [5.41, 5.74) is 0. The van der Waals surface area contributed by atoms with Gasteiger partial charge in [0, 0.05) is 19.1 Å². The van der Waals surface area contributed by atoms with Crippen molar-refractivity contribution in [3.05, 3.63) is 12.7 Å². The summed E-state index contributed by atoms with van der Waals surface area (Å²) in [5, 5.41) is 5.79. The van der Waals surface area contributed by atoms with E-state index in [2.05, 4.69) is 29.0 Å². The van der Waals surface area contributed by atoms with Gasteiger partial charge in [0.2, 0.25) is 5.91 Å². The molecule has 0 fully saturated rings. The number of amides is 1. The van der Waals surface area contributed by atoms with Crippen molar-refractivity contribution in [2.45, 2.75) is 13.0 Å². The molecular formula is C10H21N3O. The minimum Gasteiger partial charge on any atom is -0.353 e. The summed E-state index contributed by atoms with van der Waals surface area (Å²) in [6, 6.07) is 0.360. The minimum atomic E-state index is 0.0283. The van der Waals surface area contributed by atoms with Gasteiger partial charge in [-0.2, -0.15) is 0 Å². The van der Waals surface area contributed by atoms with Crippen molar-refractivity contribution in [2.24, 2.45) is 0 Å². The first-order valence-corrected chi connectivity index (χ1v) is 4.82. The van der Waals surface area contributed by atoms with Gasteiger partial charge in [0.25, 0.3) is 0 Å². The molecule has 1 atom stereocenters.